The maximum absolute atomic E-state index is 5.71. The topological polar surface area (TPSA) is 34.1 Å². The van der Waals surface area contributed by atoms with Crippen LogP contribution in [0.15, 0.2) is 18.3 Å². The minimum absolute atomic E-state index is 0.349. The Morgan fingerprint density at radius 1 is 1.50 bits per heavy atom. The molecule has 0 unspecified atom stereocenters. The van der Waals surface area contributed by atoms with E-state index in [0.717, 1.165) is 18.7 Å². The Balaban J connectivity index is 1.87. The molecule has 1 saturated carbocycles. The Hall–Kier alpha value is -1.09. The third-order valence-electron chi connectivity index (χ3n) is 2.68. The fourth-order valence-corrected chi connectivity index (χ4v) is 1.64. The van der Waals surface area contributed by atoms with Crippen molar-refractivity contribution in [2.24, 2.45) is 0 Å². The molecule has 0 aromatic carbocycles. The van der Waals surface area contributed by atoms with Gasteiger partial charge in [-0.2, -0.15) is 0 Å². The largest absolute Gasteiger partial charge is 0.474 e. The Labute approximate surface area is 84.5 Å². The molecule has 3 heteroatoms. The molecular weight excluding hydrogens is 176 g/mol. The lowest BCUT2D eigenvalue weighted by Crippen LogP contribution is -2.45. The van der Waals surface area contributed by atoms with Gasteiger partial charge < -0.3 is 10.1 Å². The molecule has 76 valence electrons. The van der Waals surface area contributed by atoms with E-state index >= 15 is 0 Å². The maximum Gasteiger partial charge on any atom is 0.213 e. The normalized spacial score (nSPS) is 25.6. The quantitative estimate of drug-likeness (QED) is 0.788. The van der Waals surface area contributed by atoms with Crippen LogP contribution in [-0.4, -0.2) is 24.2 Å². The fraction of sp³-hybridized carbons (Fsp3) is 0.545. The minimum atomic E-state index is 0.349. The first kappa shape index (κ1) is 9.46. The summed E-state index contributed by atoms with van der Waals surface area (Å²) in [6.07, 6.45) is 4.32. The predicted octanol–water partition coefficient (Wildman–Crippen LogP) is 1.52. The molecular formula is C11H16N2O. The molecule has 14 heavy (non-hydrogen) atoms. The first-order chi connectivity index (χ1) is 6.78. The van der Waals surface area contributed by atoms with Gasteiger partial charge in [-0.15, -0.1) is 0 Å². The number of hydrogen-bond acceptors (Lipinski definition) is 3. The van der Waals surface area contributed by atoms with Crippen LogP contribution in [0.5, 0.6) is 5.88 Å². The lowest BCUT2D eigenvalue weighted by molar-refractivity contribution is 0.0838. The third-order valence-corrected chi connectivity index (χ3v) is 2.68. The number of nitrogens with zero attached hydrogens (tertiary/aromatic N) is 1. The second-order valence-electron chi connectivity index (χ2n) is 3.87. The molecule has 1 aromatic rings. The molecule has 0 amide bonds. The molecule has 1 heterocycles. The van der Waals surface area contributed by atoms with Crippen LogP contribution in [-0.2, 0) is 0 Å². The van der Waals surface area contributed by atoms with E-state index in [9.17, 15) is 0 Å². The van der Waals surface area contributed by atoms with Gasteiger partial charge in [0.2, 0.25) is 5.88 Å². The molecule has 0 saturated heterocycles. The summed E-state index contributed by atoms with van der Waals surface area (Å²) in [5, 5.41) is 3.23. The van der Waals surface area contributed by atoms with Crippen LogP contribution in [0.3, 0.4) is 0 Å². The van der Waals surface area contributed by atoms with Crippen molar-refractivity contribution in [1.29, 1.82) is 0 Å². The van der Waals surface area contributed by atoms with E-state index in [1.807, 2.05) is 26.1 Å². The summed E-state index contributed by atoms with van der Waals surface area (Å²) in [7, 11) is 1.99. The number of aryl methyl sites for hydroxylation is 1. The highest BCUT2D eigenvalue weighted by Crippen LogP contribution is 2.24. The molecule has 0 spiro atoms. The summed E-state index contributed by atoms with van der Waals surface area (Å²) >= 11 is 0. The summed E-state index contributed by atoms with van der Waals surface area (Å²) in [6, 6.07) is 4.58. The van der Waals surface area contributed by atoms with Gasteiger partial charge in [0.15, 0.2) is 0 Å². The second-order valence-corrected chi connectivity index (χ2v) is 3.87. The van der Waals surface area contributed by atoms with Crippen molar-refractivity contribution >= 4 is 0 Å². The minimum Gasteiger partial charge on any atom is -0.474 e. The number of ether oxygens (including phenoxy) is 1. The lowest BCUT2D eigenvalue weighted by atomic mass is 9.89. The summed E-state index contributed by atoms with van der Waals surface area (Å²) in [5.41, 5.74) is 1.19. The summed E-state index contributed by atoms with van der Waals surface area (Å²) in [5.74, 6) is 0.754. The molecule has 1 N–H and O–H groups in total. The molecule has 0 bridgehead atoms. The summed E-state index contributed by atoms with van der Waals surface area (Å²) in [4.78, 5) is 4.17. The van der Waals surface area contributed by atoms with Crippen molar-refractivity contribution < 1.29 is 4.74 Å². The van der Waals surface area contributed by atoms with Gasteiger partial charge in [0.25, 0.3) is 0 Å². The molecule has 1 aromatic heterocycles. The van der Waals surface area contributed by atoms with E-state index in [1.165, 1.54) is 5.56 Å². The Morgan fingerprint density at radius 2 is 2.29 bits per heavy atom. The lowest BCUT2D eigenvalue weighted by Gasteiger charge is -2.34. The van der Waals surface area contributed by atoms with Crippen molar-refractivity contribution in [3.63, 3.8) is 0 Å². The zero-order chi connectivity index (χ0) is 9.97. The number of nitrogens with one attached hydrogen (secondary N) is 1. The highest BCUT2D eigenvalue weighted by Gasteiger charge is 2.29. The van der Waals surface area contributed by atoms with Gasteiger partial charge in [0.05, 0.1) is 0 Å². The fourth-order valence-electron chi connectivity index (χ4n) is 1.64. The first-order valence-electron chi connectivity index (χ1n) is 5.04. The van der Waals surface area contributed by atoms with Gasteiger partial charge >= 0.3 is 0 Å². The molecule has 1 aliphatic rings. The number of rotatable bonds is 3. The first-order valence-corrected chi connectivity index (χ1v) is 5.04. The smallest absolute Gasteiger partial charge is 0.213 e. The number of aromatic nitrogens is 1. The zero-order valence-corrected chi connectivity index (χ0v) is 8.66. The van der Waals surface area contributed by atoms with Crippen molar-refractivity contribution in [2.75, 3.05) is 7.05 Å². The van der Waals surface area contributed by atoms with Crippen LogP contribution in [0.2, 0.25) is 0 Å². The number of pyridine rings is 1. The van der Waals surface area contributed by atoms with Crippen molar-refractivity contribution in [3.05, 3.63) is 23.9 Å². The van der Waals surface area contributed by atoms with Crippen LogP contribution in [0.25, 0.3) is 0 Å². The van der Waals surface area contributed by atoms with E-state index in [0.29, 0.717) is 12.1 Å². The van der Waals surface area contributed by atoms with E-state index in [-0.39, 0.29) is 0 Å². The molecule has 0 radical (unpaired) electrons. The van der Waals surface area contributed by atoms with Crippen LogP contribution >= 0.6 is 0 Å². The maximum atomic E-state index is 5.71. The average Bonchev–Trinajstić information content (AvgIpc) is 2.10. The van der Waals surface area contributed by atoms with E-state index in [2.05, 4.69) is 10.3 Å². The molecule has 1 fully saturated rings. The molecule has 2 rings (SSSR count). The van der Waals surface area contributed by atoms with Crippen molar-refractivity contribution in [2.45, 2.75) is 31.9 Å². The van der Waals surface area contributed by atoms with Crippen LogP contribution in [0, 0.1) is 6.92 Å². The van der Waals surface area contributed by atoms with Gasteiger partial charge in [-0.1, -0.05) is 0 Å². The van der Waals surface area contributed by atoms with Gasteiger partial charge in [-0.05, 0) is 38.4 Å². The monoisotopic (exact) mass is 192 g/mol. The van der Waals surface area contributed by atoms with Gasteiger partial charge in [0.1, 0.15) is 6.10 Å². The second kappa shape index (κ2) is 3.96. The third kappa shape index (κ3) is 2.04. The van der Waals surface area contributed by atoms with E-state index < -0.39 is 0 Å². The SMILES string of the molecule is CN[C@H]1C[C@H](Oc2cc(C)ccn2)C1. The van der Waals surface area contributed by atoms with E-state index in [4.69, 9.17) is 4.74 Å². The van der Waals surface area contributed by atoms with Gasteiger partial charge in [-0.3, -0.25) is 0 Å². The molecule has 0 aliphatic heterocycles. The number of hydrogen-bond donors (Lipinski definition) is 1. The highest BCUT2D eigenvalue weighted by atomic mass is 16.5. The average molecular weight is 192 g/mol. The van der Waals surface area contributed by atoms with Crippen LogP contribution in [0.1, 0.15) is 18.4 Å². The predicted molar refractivity (Wildman–Crippen MR) is 55.5 cm³/mol. The molecule has 3 nitrogen and oxygen atoms in total. The van der Waals surface area contributed by atoms with Crippen molar-refractivity contribution in [3.8, 4) is 5.88 Å². The molecule has 1 aliphatic carbocycles. The Morgan fingerprint density at radius 3 is 2.93 bits per heavy atom. The van der Waals surface area contributed by atoms with Crippen molar-refractivity contribution in [1.82, 2.24) is 10.3 Å². The standard InChI is InChI=1S/C11H16N2O/c1-8-3-4-13-11(5-8)14-10-6-9(7-10)12-2/h3-5,9-10,12H,6-7H2,1-2H3/t9-,10-. The molecule has 0 atom stereocenters. The summed E-state index contributed by atoms with van der Waals surface area (Å²) in [6.45, 7) is 2.05. The Bertz CT molecular complexity index is 308. The van der Waals surface area contributed by atoms with E-state index in [1.54, 1.807) is 6.20 Å². The zero-order valence-electron chi connectivity index (χ0n) is 8.66. The highest BCUT2D eigenvalue weighted by molar-refractivity contribution is 5.19. The van der Waals surface area contributed by atoms with Gasteiger partial charge in [0, 0.05) is 18.3 Å². The van der Waals surface area contributed by atoms with Gasteiger partial charge in [-0.25, -0.2) is 4.98 Å². The summed E-state index contributed by atoms with van der Waals surface area (Å²) < 4.78 is 5.71. The van der Waals surface area contributed by atoms with Crippen LogP contribution in [0.4, 0.5) is 0 Å². The Kier molecular flexibility index (Phi) is 2.68. The van der Waals surface area contributed by atoms with Crippen LogP contribution < -0.4 is 10.1 Å².